The van der Waals surface area contributed by atoms with Crippen LogP contribution in [-0.2, 0) is 9.36 Å². The number of nitrogens with zero attached hydrogens (tertiary/aromatic N) is 1. The summed E-state index contributed by atoms with van der Waals surface area (Å²) in [4.78, 5) is 31.3. The zero-order chi connectivity index (χ0) is 28.5. The van der Waals surface area contributed by atoms with Crippen molar-refractivity contribution >= 4 is 13.7 Å². The normalized spacial score (nSPS) is 11.6. The topological polar surface area (TPSA) is 87.0 Å². The van der Waals surface area contributed by atoms with Gasteiger partial charge < -0.3 is 9.79 Å². The van der Waals surface area contributed by atoms with Gasteiger partial charge >= 0.3 is 7.60 Å². The van der Waals surface area contributed by atoms with Crippen molar-refractivity contribution in [1.82, 2.24) is 0 Å². The first-order valence-corrected chi connectivity index (χ1v) is 18.9. The maximum absolute atomic E-state index is 10.8. The fourth-order valence-corrected chi connectivity index (χ4v) is 6.14. The molecule has 0 aromatic rings. The third kappa shape index (κ3) is 37.5. The molecule has 0 aromatic heterocycles. The van der Waals surface area contributed by atoms with E-state index in [-0.39, 0.29) is 6.16 Å². The average Bonchev–Trinajstić information content (AvgIpc) is 2.90. The molecule has 0 saturated heterocycles. The summed E-state index contributed by atoms with van der Waals surface area (Å²) in [7, 11) is -3.78. The monoisotopic (exact) mass is 571 g/mol. The van der Waals surface area contributed by atoms with Crippen LogP contribution in [0.25, 0.3) is 0 Å². The zero-order valence-corrected chi connectivity index (χ0v) is 26.6. The van der Waals surface area contributed by atoms with Gasteiger partial charge in [0.05, 0.1) is 6.54 Å². The molecule has 0 rings (SSSR count). The predicted molar refractivity (Wildman–Crippen MR) is 168 cm³/mol. The van der Waals surface area contributed by atoms with Gasteiger partial charge in [-0.05, 0) is 12.8 Å². The molecule has 0 radical (unpaired) electrons. The molecule has 2 N–H and O–H groups in total. The van der Waals surface area contributed by atoms with E-state index < -0.39 is 7.60 Å². The number of unbranched alkanes of at least 4 members (excludes halogenated alkanes) is 29. The Kier molecular flexibility index (Phi) is 31.7. The van der Waals surface area contributed by atoms with E-state index in [0.717, 1.165) is 19.3 Å². The van der Waals surface area contributed by atoms with Gasteiger partial charge in [0.2, 0.25) is 6.08 Å². The second-order valence-corrected chi connectivity index (χ2v) is 13.7. The lowest BCUT2D eigenvalue weighted by atomic mass is 10.0. The van der Waals surface area contributed by atoms with E-state index in [4.69, 9.17) is 9.79 Å². The van der Waals surface area contributed by atoms with Gasteiger partial charge in [-0.15, -0.1) is 0 Å². The highest BCUT2D eigenvalue weighted by atomic mass is 31.2. The van der Waals surface area contributed by atoms with Crippen molar-refractivity contribution in [3.63, 3.8) is 0 Å². The SMILES string of the molecule is O=C=NCCCCCCCCCCCCCCCCCCCCCCCCCCCCCCCCP(=O)(O)O. The number of hydrogen-bond donors (Lipinski definition) is 2. The van der Waals surface area contributed by atoms with Crippen molar-refractivity contribution in [1.29, 1.82) is 0 Å². The molecule has 0 heterocycles. The largest absolute Gasteiger partial charge is 0.325 e. The molecule has 0 fully saturated rings. The maximum Gasteiger partial charge on any atom is 0.325 e. The number of isocyanates is 1. The number of rotatable bonds is 33. The highest BCUT2D eigenvalue weighted by molar-refractivity contribution is 7.51. The first-order valence-electron chi connectivity index (χ1n) is 17.1. The molecular formula is C33H66NO4P. The predicted octanol–water partition coefficient (Wildman–Crippen LogP) is 11.2. The molecule has 0 unspecified atom stereocenters. The average molecular weight is 572 g/mol. The van der Waals surface area contributed by atoms with Crippen molar-refractivity contribution in [2.75, 3.05) is 12.7 Å². The number of hydrogen-bond acceptors (Lipinski definition) is 3. The van der Waals surface area contributed by atoms with E-state index in [0.29, 0.717) is 13.0 Å². The minimum absolute atomic E-state index is 0.0558. The van der Waals surface area contributed by atoms with E-state index >= 15 is 0 Å². The Morgan fingerprint density at radius 1 is 0.385 bits per heavy atom. The van der Waals surface area contributed by atoms with Gasteiger partial charge in [-0.2, -0.15) is 0 Å². The van der Waals surface area contributed by atoms with E-state index in [1.165, 1.54) is 167 Å². The summed E-state index contributed by atoms with van der Waals surface area (Å²) in [5, 5.41) is 0. The van der Waals surface area contributed by atoms with Crippen LogP contribution < -0.4 is 0 Å². The molecule has 5 nitrogen and oxygen atoms in total. The Balaban J connectivity index is 3.06. The molecule has 39 heavy (non-hydrogen) atoms. The van der Waals surface area contributed by atoms with Gasteiger partial charge in [-0.3, -0.25) is 4.57 Å². The highest BCUT2D eigenvalue weighted by Crippen LogP contribution is 2.35. The van der Waals surface area contributed by atoms with Crippen LogP contribution in [-0.4, -0.2) is 28.6 Å². The second kappa shape index (κ2) is 32.0. The summed E-state index contributed by atoms with van der Waals surface area (Å²) in [6.45, 7) is 0.658. The van der Waals surface area contributed by atoms with Crippen LogP contribution in [0.2, 0.25) is 0 Å². The van der Waals surface area contributed by atoms with Crippen molar-refractivity contribution in [3.8, 4) is 0 Å². The van der Waals surface area contributed by atoms with Crippen LogP contribution in [0.15, 0.2) is 4.99 Å². The van der Waals surface area contributed by atoms with Crippen LogP contribution in [0.5, 0.6) is 0 Å². The van der Waals surface area contributed by atoms with Gasteiger partial charge in [0.25, 0.3) is 0 Å². The van der Waals surface area contributed by atoms with Gasteiger partial charge in [-0.1, -0.05) is 180 Å². The zero-order valence-electron chi connectivity index (χ0n) is 25.7. The minimum atomic E-state index is -3.78. The van der Waals surface area contributed by atoms with Crippen molar-refractivity contribution in [2.24, 2.45) is 4.99 Å². The van der Waals surface area contributed by atoms with Crippen LogP contribution in [0.3, 0.4) is 0 Å². The lowest BCUT2D eigenvalue weighted by Gasteiger charge is -2.05. The molecule has 6 heteroatoms. The van der Waals surface area contributed by atoms with Crippen LogP contribution in [0, 0.1) is 0 Å². The van der Waals surface area contributed by atoms with Crippen LogP contribution in [0.4, 0.5) is 0 Å². The fraction of sp³-hybridized carbons (Fsp3) is 0.970. The van der Waals surface area contributed by atoms with Gasteiger partial charge in [0.15, 0.2) is 0 Å². The second-order valence-electron chi connectivity index (χ2n) is 12.0. The first kappa shape index (κ1) is 38.5. The lowest BCUT2D eigenvalue weighted by molar-refractivity contribution is 0.370. The summed E-state index contributed by atoms with van der Waals surface area (Å²) in [6, 6.07) is 0. The first-order chi connectivity index (χ1) is 19.1. The Morgan fingerprint density at radius 3 is 0.795 bits per heavy atom. The summed E-state index contributed by atoms with van der Waals surface area (Å²) >= 11 is 0. The van der Waals surface area contributed by atoms with Crippen molar-refractivity contribution in [2.45, 2.75) is 193 Å². The standard InChI is InChI=1S/C33H66NO4P/c35-33-34-31-29-27-25-23-21-19-17-15-13-11-9-7-5-3-1-2-4-6-8-10-12-14-16-18-20-22-24-26-28-30-32-39(36,37)38/h1-32H2,(H2,36,37,38). The third-order valence-electron chi connectivity index (χ3n) is 8.03. The molecular weight excluding hydrogens is 505 g/mol. The summed E-state index contributed by atoms with van der Waals surface area (Å²) in [6.07, 6.45) is 41.4. The van der Waals surface area contributed by atoms with E-state index in [1.807, 2.05) is 0 Å². The summed E-state index contributed by atoms with van der Waals surface area (Å²) < 4.78 is 10.8. The van der Waals surface area contributed by atoms with E-state index in [1.54, 1.807) is 6.08 Å². The molecule has 0 bridgehead atoms. The van der Waals surface area contributed by atoms with Crippen molar-refractivity contribution < 1.29 is 19.1 Å². The molecule has 0 aliphatic rings. The minimum Gasteiger partial charge on any atom is -0.324 e. The van der Waals surface area contributed by atoms with Crippen LogP contribution in [0.1, 0.15) is 193 Å². The van der Waals surface area contributed by atoms with E-state index in [9.17, 15) is 9.36 Å². The fourth-order valence-electron chi connectivity index (χ4n) is 5.50. The van der Waals surface area contributed by atoms with Gasteiger partial charge in [0.1, 0.15) is 0 Å². The molecule has 0 spiro atoms. The quantitative estimate of drug-likeness (QED) is 0.0355. The number of carbonyl (C=O) groups excluding carboxylic acids is 1. The molecule has 0 aliphatic carbocycles. The highest BCUT2D eigenvalue weighted by Gasteiger charge is 2.10. The molecule has 0 aliphatic heterocycles. The summed E-state index contributed by atoms with van der Waals surface area (Å²) in [5.41, 5.74) is 0. The molecule has 0 amide bonds. The van der Waals surface area contributed by atoms with Gasteiger partial charge in [0, 0.05) is 6.16 Å². The van der Waals surface area contributed by atoms with Crippen molar-refractivity contribution in [3.05, 3.63) is 0 Å². The molecule has 232 valence electrons. The third-order valence-corrected chi connectivity index (χ3v) is 8.93. The maximum atomic E-state index is 10.8. The Hall–Kier alpha value is -0.470. The molecule has 0 atom stereocenters. The smallest absolute Gasteiger partial charge is 0.324 e. The lowest BCUT2D eigenvalue weighted by Crippen LogP contribution is -1.88. The molecule has 0 saturated carbocycles. The Morgan fingerprint density at radius 2 is 0.590 bits per heavy atom. The Labute approximate surface area is 243 Å². The number of aliphatic imine (C=N–C) groups is 1. The van der Waals surface area contributed by atoms with Crippen LogP contribution >= 0.6 is 7.60 Å². The Bertz CT molecular complexity index is 574. The van der Waals surface area contributed by atoms with E-state index in [2.05, 4.69) is 4.99 Å². The summed E-state index contributed by atoms with van der Waals surface area (Å²) in [5.74, 6) is 0. The van der Waals surface area contributed by atoms with Gasteiger partial charge in [-0.25, -0.2) is 9.79 Å². The molecule has 0 aromatic carbocycles.